The van der Waals surface area contributed by atoms with E-state index in [1.807, 2.05) is 6.07 Å². The van der Waals surface area contributed by atoms with Gasteiger partial charge in [0.2, 0.25) is 0 Å². The maximum Gasteiger partial charge on any atom is 0.123 e. The molecule has 0 bridgehead atoms. The molecule has 0 spiro atoms. The predicted octanol–water partition coefficient (Wildman–Crippen LogP) is 1.28. The molecule has 4 heteroatoms. The first-order valence-corrected chi connectivity index (χ1v) is 5.35. The number of hydroxylamine groups is 1. The summed E-state index contributed by atoms with van der Waals surface area (Å²) in [5.74, 6) is 0.801. The van der Waals surface area contributed by atoms with Gasteiger partial charge in [0.05, 0.1) is 7.11 Å². The number of likely N-dealkylation sites (N-methyl/N-ethyl adjacent to an activating group) is 1. The molecular formula is C12H20N2O2. The molecule has 0 fully saturated rings. The van der Waals surface area contributed by atoms with Crippen LogP contribution in [0.1, 0.15) is 11.1 Å². The van der Waals surface area contributed by atoms with Gasteiger partial charge in [-0.1, -0.05) is 12.1 Å². The van der Waals surface area contributed by atoms with Crippen LogP contribution < -0.4 is 10.2 Å². The fourth-order valence-electron chi connectivity index (χ4n) is 1.56. The summed E-state index contributed by atoms with van der Waals surface area (Å²) in [5, 5.41) is 8.73. The number of ether oxygens (including phenoxy) is 1. The molecule has 90 valence electrons. The summed E-state index contributed by atoms with van der Waals surface area (Å²) < 4.78 is 5.22. The number of nitrogens with zero attached hydrogens (tertiary/aromatic N) is 1. The Balaban J connectivity index is 2.76. The Morgan fingerprint density at radius 3 is 2.69 bits per heavy atom. The van der Waals surface area contributed by atoms with Crippen LogP contribution in [-0.4, -0.2) is 37.9 Å². The van der Waals surface area contributed by atoms with Gasteiger partial charge in [0.25, 0.3) is 0 Å². The van der Waals surface area contributed by atoms with Crippen molar-refractivity contribution in [2.45, 2.75) is 13.0 Å². The molecule has 0 unspecified atom stereocenters. The summed E-state index contributed by atoms with van der Waals surface area (Å²) >= 11 is 0. The lowest BCUT2D eigenvalue weighted by Gasteiger charge is -2.12. The molecule has 0 aliphatic rings. The van der Waals surface area contributed by atoms with Crippen molar-refractivity contribution in [1.29, 1.82) is 0 Å². The van der Waals surface area contributed by atoms with Crippen LogP contribution in [0.15, 0.2) is 18.2 Å². The van der Waals surface area contributed by atoms with Gasteiger partial charge >= 0.3 is 0 Å². The Morgan fingerprint density at radius 1 is 1.38 bits per heavy atom. The van der Waals surface area contributed by atoms with Crippen molar-refractivity contribution in [3.05, 3.63) is 29.3 Å². The van der Waals surface area contributed by atoms with E-state index in [0.29, 0.717) is 6.54 Å². The van der Waals surface area contributed by atoms with Crippen LogP contribution in [0.25, 0.3) is 0 Å². The molecule has 1 aromatic rings. The summed E-state index contributed by atoms with van der Waals surface area (Å²) in [6, 6.07) is 6.06. The van der Waals surface area contributed by atoms with E-state index >= 15 is 0 Å². The first-order chi connectivity index (χ1) is 7.67. The largest absolute Gasteiger partial charge is 0.496 e. The molecule has 0 aliphatic heterocycles. The second-order valence-electron chi connectivity index (χ2n) is 4.03. The van der Waals surface area contributed by atoms with E-state index in [2.05, 4.69) is 36.6 Å². The van der Waals surface area contributed by atoms with E-state index in [1.54, 1.807) is 7.11 Å². The van der Waals surface area contributed by atoms with Crippen molar-refractivity contribution in [1.82, 2.24) is 10.4 Å². The summed E-state index contributed by atoms with van der Waals surface area (Å²) in [5.41, 5.74) is 4.38. The van der Waals surface area contributed by atoms with Gasteiger partial charge in [0.15, 0.2) is 0 Å². The van der Waals surface area contributed by atoms with E-state index in [-0.39, 0.29) is 0 Å². The summed E-state index contributed by atoms with van der Waals surface area (Å²) in [7, 11) is 5.75. The number of rotatable bonds is 6. The quantitative estimate of drug-likeness (QED) is 0.714. The van der Waals surface area contributed by atoms with Gasteiger partial charge in [-0.2, -0.15) is 0 Å². The molecule has 0 saturated heterocycles. The first-order valence-electron chi connectivity index (χ1n) is 5.35. The van der Waals surface area contributed by atoms with E-state index in [9.17, 15) is 0 Å². The average Bonchev–Trinajstić information content (AvgIpc) is 2.27. The zero-order chi connectivity index (χ0) is 12.0. The molecule has 1 rings (SSSR count). The Morgan fingerprint density at radius 2 is 2.12 bits per heavy atom. The molecule has 0 radical (unpaired) electrons. The average molecular weight is 224 g/mol. The fourth-order valence-corrected chi connectivity index (χ4v) is 1.56. The lowest BCUT2D eigenvalue weighted by molar-refractivity contribution is 0.160. The highest BCUT2D eigenvalue weighted by atomic mass is 16.5. The fraction of sp³-hybridized carbons (Fsp3) is 0.500. The van der Waals surface area contributed by atoms with Crippen LogP contribution in [0, 0.1) is 0 Å². The highest BCUT2D eigenvalue weighted by Gasteiger charge is 2.04. The van der Waals surface area contributed by atoms with Crippen molar-refractivity contribution in [2.75, 3.05) is 27.7 Å². The van der Waals surface area contributed by atoms with Crippen LogP contribution in [0.5, 0.6) is 5.75 Å². The summed E-state index contributed by atoms with van der Waals surface area (Å²) in [6.07, 6.45) is 0.995. The number of methoxy groups -OCH3 is 1. The molecular weight excluding hydrogens is 204 g/mol. The molecule has 2 N–H and O–H groups in total. The van der Waals surface area contributed by atoms with Crippen LogP contribution >= 0.6 is 0 Å². The Bertz CT molecular complexity index is 327. The standard InChI is InChI=1S/C12H20N2O2/c1-14(2)7-6-10-4-5-12(16-3)11(8-10)9-13-15/h4-5,8,13,15H,6-7,9H2,1-3H3. The predicted molar refractivity (Wildman–Crippen MR) is 63.9 cm³/mol. The third kappa shape index (κ3) is 3.81. The van der Waals surface area contributed by atoms with Crippen LogP contribution in [0.4, 0.5) is 0 Å². The van der Waals surface area contributed by atoms with Crippen LogP contribution in [0.3, 0.4) is 0 Å². The molecule has 16 heavy (non-hydrogen) atoms. The van der Waals surface area contributed by atoms with Crippen molar-refractivity contribution in [2.24, 2.45) is 0 Å². The van der Waals surface area contributed by atoms with Crippen LogP contribution in [0.2, 0.25) is 0 Å². The van der Waals surface area contributed by atoms with Gasteiger partial charge < -0.3 is 14.8 Å². The SMILES string of the molecule is COc1ccc(CCN(C)C)cc1CNO. The lowest BCUT2D eigenvalue weighted by atomic mass is 10.1. The highest BCUT2D eigenvalue weighted by molar-refractivity contribution is 5.37. The molecule has 1 aromatic carbocycles. The first kappa shape index (κ1) is 13.0. The summed E-state index contributed by atoms with van der Waals surface area (Å²) in [4.78, 5) is 2.15. The number of nitrogens with one attached hydrogen (secondary N) is 1. The highest BCUT2D eigenvalue weighted by Crippen LogP contribution is 2.20. The van der Waals surface area contributed by atoms with E-state index in [1.165, 1.54) is 5.56 Å². The van der Waals surface area contributed by atoms with Crippen molar-refractivity contribution < 1.29 is 9.94 Å². The molecule has 0 amide bonds. The third-order valence-corrected chi connectivity index (χ3v) is 2.46. The molecule has 0 aromatic heterocycles. The van der Waals surface area contributed by atoms with Crippen molar-refractivity contribution in [3.63, 3.8) is 0 Å². The van der Waals surface area contributed by atoms with E-state index in [0.717, 1.165) is 24.3 Å². The zero-order valence-electron chi connectivity index (χ0n) is 10.2. The van der Waals surface area contributed by atoms with E-state index < -0.39 is 0 Å². The zero-order valence-corrected chi connectivity index (χ0v) is 10.2. The van der Waals surface area contributed by atoms with E-state index in [4.69, 9.17) is 9.94 Å². The molecule has 0 atom stereocenters. The van der Waals surface area contributed by atoms with Gasteiger partial charge in [0.1, 0.15) is 5.75 Å². The molecule has 0 aliphatic carbocycles. The molecule has 0 saturated carbocycles. The third-order valence-electron chi connectivity index (χ3n) is 2.46. The number of hydrogen-bond donors (Lipinski definition) is 2. The summed E-state index contributed by atoms with van der Waals surface area (Å²) in [6.45, 7) is 1.41. The number of benzene rings is 1. The minimum absolute atomic E-state index is 0.402. The molecule has 4 nitrogen and oxygen atoms in total. The van der Waals surface area contributed by atoms with Gasteiger partial charge in [-0.3, -0.25) is 0 Å². The Hall–Kier alpha value is -1.10. The number of hydrogen-bond acceptors (Lipinski definition) is 4. The van der Waals surface area contributed by atoms with Gasteiger partial charge in [-0.15, -0.1) is 0 Å². The second-order valence-corrected chi connectivity index (χ2v) is 4.03. The minimum atomic E-state index is 0.402. The molecule has 0 heterocycles. The topological polar surface area (TPSA) is 44.7 Å². The maximum atomic E-state index is 8.73. The van der Waals surface area contributed by atoms with Crippen molar-refractivity contribution in [3.8, 4) is 5.75 Å². The smallest absolute Gasteiger partial charge is 0.123 e. The normalized spacial score (nSPS) is 10.8. The second kappa shape index (κ2) is 6.48. The lowest BCUT2D eigenvalue weighted by Crippen LogP contribution is -2.15. The van der Waals surface area contributed by atoms with Gasteiger partial charge in [0, 0.05) is 18.7 Å². The monoisotopic (exact) mass is 224 g/mol. The minimum Gasteiger partial charge on any atom is -0.496 e. The van der Waals surface area contributed by atoms with Gasteiger partial charge in [-0.05, 0) is 32.1 Å². The van der Waals surface area contributed by atoms with Crippen molar-refractivity contribution >= 4 is 0 Å². The Kier molecular flexibility index (Phi) is 5.25. The van der Waals surface area contributed by atoms with Gasteiger partial charge in [-0.25, -0.2) is 5.48 Å². The Labute approximate surface area is 96.8 Å². The van der Waals surface area contributed by atoms with Crippen LogP contribution in [-0.2, 0) is 13.0 Å². The maximum absolute atomic E-state index is 8.73.